The summed E-state index contributed by atoms with van der Waals surface area (Å²) in [6.07, 6.45) is -4.51. The third kappa shape index (κ3) is 5.67. The Bertz CT molecular complexity index is 1050. The molecule has 2 aromatic rings. The number of nitriles is 1. The van der Waals surface area contributed by atoms with Crippen molar-refractivity contribution in [3.8, 4) is 6.07 Å². The molecule has 11 heteroatoms. The molecule has 4 nitrogen and oxygen atoms in total. The summed E-state index contributed by atoms with van der Waals surface area (Å²) < 4.78 is 71.0. The van der Waals surface area contributed by atoms with Crippen LogP contribution in [0.1, 0.15) is 30.0 Å². The first-order chi connectivity index (χ1) is 15.5. The summed E-state index contributed by atoms with van der Waals surface area (Å²) in [4.78, 5) is 13.2. The number of hydrogen-bond acceptors (Lipinski definition) is 4. The zero-order valence-electron chi connectivity index (χ0n) is 17.1. The summed E-state index contributed by atoms with van der Waals surface area (Å²) in [7, 11) is 0. The van der Waals surface area contributed by atoms with Crippen molar-refractivity contribution in [2.24, 2.45) is 5.73 Å². The lowest BCUT2D eigenvalue weighted by atomic mass is 9.99. The Balaban J connectivity index is 1.95. The second-order valence-electron chi connectivity index (χ2n) is 7.69. The smallest absolute Gasteiger partial charge is 0.368 e. The normalized spacial score (nSPS) is 16.8. The molecule has 0 spiro atoms. The first-order valence-corrected chi connectivity index (χ1v) is 11.8. The molecule has 1 aliphatic carbocycles. The molecule has 0 heterocycles. The lowest BCUT2D eigenvalue weighted by Crippen LogP contribution is -2.56. The number of alkyl halides is 3. The van der Waals surface area contributed by atoms with Crippen molar-refractivity contribution in [1.82, 2.24) is 4.90 Å². The Hall–Kier alpha value is -2.16. The molecular weight excluding hydrogens is 529 g/mol. The van der Waals surface area contributed by atoms with Crippen LogP contribution in [0.3, 0.4) is 0 Å². The molecule has 2 atom stereocenters. The molecule has 0 aliphatic heterocycles. The summed E-state index contributed by atoms with van der Waals surface area (Å²) in [6, 6.07) is 7.26. The number of amides is 1. The van der Waals surface area contributed by atoms with E-state index in [1.54, 1.807) is 0 Å². The predicted octanol–water partition coefficient (Wildman–Crippen LogP) is 5.48. The minimum atomic E-state index is -4.81. The number of benzene rings is 2. The molecular formula is C22H19BrF5N3OS. The minimum absolute atomic E-state index is 0.0106. The monoisotopic (exact) mass is 547 g/mol. The maximum Gasteiger partial charge on any atom is 0.408 e. The van der Waals surface area contributed by atoms with E-state index < -0.39 is 41.3 Å². The average molecular weight is 548 g/mol. The highest BCUT2D eigenvalue weighted by molar-refractivity contribution is 9.10. The Kier molecular flexibility index (Phi) is 7.71. The van der Waals surface area contributed by atoms with E-state index in [0.29, 0.717) is 4.47 Å². The molecule has 176 valence electrons. The molecule has 0 bridgehead atoms. The van der Waals surface area contributed by atoms with E-state index in [4.69, 9.17) is 5.73 Å². The maximum atomic E-state index is 14.3. The van der Waals surface area contributed by atoms with Gasteiger partial charge in [0, 0.05) is 21.5 Å². The van der Waals surface area contributed by atoms with Crippen LogP contribution in [-0.2, 0) is 10.5 Å². The van der Waals surface area contributed by atoms with Crippen LogP contribution in [0, 0.1) is 23.0 Å². The van der Waals surface area contributed by atoms with Crippen molar-refractivity contribution in [1.29, 1.82) is 5.26 Å². The van der Waals surface area contributed by atoms with E-state index in [1.807, 2.05) is 6.07 Å². The van der Waals surface area contributed by atoms with Gasteiger partial charge in [-0.05, 0) is 36.6 Å². The summed E-state index contributed by atoms with van der Waals surface area (Å²) >= 11 is 4.13. The highest BCUT2D eigenvalue weighted by Gasteiger charge is 2.60. The van der Waals surface area contributed by atoms with Crippen molar-refractivity contribution < 1.29 is 26.7 Å². The topological polar surface area (TPSA) is 70.1 Å². The van der Waals surface area contributed by atoms with Crippen LogP contribution in [0.5, 0.6) is 0 Å². The lowest BCUT2D eigenvalue weighted by Gasteiger charge is -2.40. The number of nitrogens with zero attached hydrogens (tertiary/aromatic N) is 2. The summed E-state index contributed by atoms with van der Waals surface area (Å²) in [6.45, 7) is 0. The molecule has 1 fully saturated rings. The first-order valence-electron chi connectivity index (χ1n) is 9.82. The predicted molar refractivity (Wildman–Crippen MR) is 118 cm³/mol. The second kappa shape index (κ2) is 9.99. The van der Waals surface area contributed by atoms with Gasteiger partial charge in [0.25, 0.3) is 0 Å². The van der Waals surface area contributed by atoms with E-state index in [0.717, 1.165) is 22.7 Å². The zero-order valence-corrected chi connectivity index (χ0v) is 19.5. The minimum Gasteiger partial charge on any atom is -0.368 e. The summed E-state index contributed by atoms with van der Waals surface area (Å²) in [5.74, 6) is -3.46. The Labute approximate surface area is 200 Å². The number of thioether (sulfide) groups is 1. The highest BCUT2D eigenvalue weighted by atomic mass is 79.9. The quantitative estimate of drug-likeness (QED) is 0.422. The number of rotatable bonds is 9. The Morgan fingerprint density at radius 2 is 1.85 bits per heavy atom. The number of carbonyl (C=O) groups is 1. The number of nitrogens with two attached hydrogens (primary N) is 1. The molecule has 1 saturated carbocycles. The number of hydrogen-bond donors (Lipinski definition) is 1. The van der Waals surface area contributed by atoms with Crippen molar-refractivity contribution in [2.45, 2.75) is 42.4 Å². The third-order valence-electron chi connectivity index (χ3n) is 5.43. The molecule has 2 N–H and O–H groups in total. The fourth-order valence-electron chi connectivity index (χ4n) is 3.66. The second-order valence-corrected chi connectivity index (χ2v) is 9.64. The summed E-state index contributed by atoms with van der Waals surface area (Å²) in [5.41, 5.74) is 3.89. The van der Waals surface area contributed by atoms with Gasteiger partial charge in [0.2, 0.25) is 5.91 Å². The Morgan fingerprint density at radius 1 is 1.21 bits per heavy atom. The van der Waals surface area contributed by atoms with Crippen molar-refractivity contribution in [2.75, 3.05) is 5.75 Å². The molecule has 1 aliphatic rings. The zero-order chi connectivity index (χ0) is 24.4. The van der Waals surface area contributed by atoms with Gasteiger partial charge < -0.3 is 5.73 Å². The SMILES string of the molecule is N#CC1(N([C@@H](c2ccc(Br)cc2)C(F)(F)F)[C@@H](CSCc2cccc(F)c2F)C(N)=O)CC1. The molecule has 3 rings (SSSR count). The van der Waals surface area contributed by atoms with Gasteiger partial charge in [-0.25, -0.2) is 8.78 Å². The molecule has 0 aromatic heterocycles. The Morgan fingerprint density at radius 3 is 2.36 bits per heavy atom. The van der Waals surface area contributed by atoms with E-state index in [9.17, 15) is 32.0 Å². The van der Waals surface area contributed by atoms with Crippen molar-refractivity contribution >= 4 is 33.6 Å². The van der Waals surface area contributed by atoms with Crippen LogP contribution >= 0.6 is 27.7 Å². The van der Waals surface area contributed by atoms with E-state index >= 15 is 0 Å². The standard InChI is InChI=1S/C22H19BrF5N3OS/c23-15-6-4-13(5-7-15)19(22(26,27)28)31(21(12-29)8-9-21)17(20(30)32)11-33-10-14-2-1-3-16(24)18(14)25/h1-7,17,19H,8-11H2,(H2,30,32)/t17-,19-/m0/s1. The molecule has 2 aromatic carbocycles. The molecule has 1 amide bonds. The van der Waals surface area contributed by atoms with Gasteiger partial charge in [0.05, 0.1) is 6.07 Å². The van der Waals surface area contributed by atoms with Gasteiger partial charge in [-0.3, -0.25) is 9.69 Å². The van der Waals surface area contributed by atoms with E-state index in [1.165, 1.54) is 36.4 Å². The fourth-order valence-corrected chi connectivity index (χ4v) is 5.04. The van der Waals surface area contributed by atoms with E-state index in [2.05, 4.69) is 15.9 Å². The van der Waals surface area contributed by atoms with Crippen LogP contribution in [0.2, 0.25) is 0 Å². The number of halogens is 6. The number of carbonyl (C=O) groups excluding carboxylic acids is 1. The van der Waals surface area contributed by atoms with Gasteiger partial charge in [-0.15, -0.1) is 0 Å². The largest absolute Gasteiger partial charge is 0.408 e. The van der Waals surface area contributed by atoms with Crippen LogP contribution in [0.4, 0.5) is 22.0 Å². The molecule has 0 radical (unpaired) electrons. The van der Waals surface area contributed by atoms with Crippen molar-refractivity contribution in [3.05, 3.63) is 69.7 Å². The molecule has 0 unspecified atom stereocenters. The maximum absolute atomic E-state index is 14.3. The van der Waals surface area contributed by atoms with Crippen LogP contribution in [0.15, 0.2) is 46.9 Å². The van der Waals surface area contributed by atoms with Crippen molar-refractivity contribution in [3.63, 3.8) is 0 Å². The first kappa shape index (κ1) is 25.5. The lowest BCUT2D eigenvalue weighted by molar-refractivity contribution is -0.198. The third-order valence-corrected chi connectivity index (χ3v) is 7.02. The van der Waals surface area contributed by atoms with Crippen LogP contribution in [0.25, 0.3) is 0 Å². The van der Waals surface area contributed by atoms with Crippen LogP contribution < -0.4 is 5.73 Å². The van der Waals surface area contributed by atoms with E-state index in [-0.39, 0.29) is 35.5 Å². The summed E-state index contributed by atoms with van der Waals surface area (Å²) in [5, 5.41) is 9.72. The van der Waals surface area contributed by atoms with Gasteiger partial charge in [0.1, 0.15) is 17.6 Å². The van der Waals surface area contributed by atoms with Gasteiger partial charge in [0.15, 0.2) is 11.6 Å². The highest BCUT2D eigenvalue weighted by Crippen LogP contribution is 2.51. The number of primary amides is 1. The average Bonchev–Trinajstić information content (AvgIpc) is 3.54. The van der Waals surface area contributed by atoms with Gasteiger partial charge in [-0.2, -0.15) is 30.2 Å². The molecule has 33 heavy (non-hydrogen) atoms. The fraction of sp³-hybridized carbons (Fsp3) is 0.364. The van der Waals surface area contributed by atoms with Gasteiger partial charge in [-0.1, -0.05) is 40.2 Å². The molecule has 0 saturated heterocycles. The van der Waals surface area contributed by atoms with Gasteiger partial charge >= 0.3 is 6.18 Å². The van der Waals surface area contributed by atoms with Crippen LogP contribution in [-0.4, -0.2) is 34.3 Å².